The van der Waals surface area contributed by atoms with Crippen LogP contribution < -0.4 is 4.74 Å². The Hall–Kier alpha value is -2.25. The summed E-state index contributed by atoms with van der Waals surface area (Å²) in [7, 11) is 1.56. The van der Waals surface area contributed by atoms with E-state index in [4.69, 9.17) is 10.00 Å². The molecule has 0 aliphatic carbocycles. The lowest BCUT2D eigenvalue weighted by Gasteiger charge is -2.07. The van der Waals surface area contributed by atoms with Gasteiger partial charge in [-0.15, -0.1) is 0 Å². The first-order valence-electron chi connectivity index (χ1n) is 6.58. The van der Waals surface area contributed by atoms with Gasteiger partial charge in [0.1, 0.15) is 11.8 Å². The van der Waals surface area contributed by atoms with Gasteiger partial charge in [0, 0.05) is 18.9 Å². The van der Waals surface area contributed by atoms with Gasteiger partial charge in [0.25, 0.3) is 0 Å². The molecule has 1 heterocycles. The van der Waals surface area contributed by atoms with E-state index in [1.165, 1.54) is 0 Å². The molecule has 1 aromatic carbocycles. The Labute approximate surface area is 118 Å². The van der Waals surface area contributed by atoms with Crippen molar-refractivity contribution in [3.05, 3.63) is 53.3 Å². The number of benzene rings is 1. The minimum absolute atomic E-state index is 0.415. The summed E-state index contributed by atoms with van der Waals surface area (Å²) in [5, 5.41) is 18.9. The van der Waals surface area contributed by atoms with Crippen LogP contribution in [0, 0.1) is 11.3 Å². The van der Waals surface area contributed by atoms with Gasteiger partial charge in [-0.05, 0) is 35.7 Å². The third-order valence-corrected chi connectivity index (χ3v) is 3.29. The Morgan fingerprint density at radius 3 is 2.85 bits per heavy atom. The Balaban J connectivity index is 2.18. The SMILES string of the molecule is CCC(O)c1ccn(Cc2ccc(OC)c(C#N)c2)c1. The van der Waals surface area contributed by atoms with E-state index in [0.717, 1.165) is 11.1 Å². The van der Waals surface area contributed by atoms with Crippen molar-refractivity contribution in [1.82, 2.24) is 4.57 Å². The van der Waals surface area contributed by atoms with Crippen LogP contribution in [0.15, 0.2) is 36.7 Å². The zero-order chi connectivity index (χ0) is 14.5. The zero-order valence-corrected chi connectivity index (χ0v) is 11.7. The summed E-state index contributed by atoms with van der Waals surface area (Å²) in [4.78, 5) is 0. The fourth-order valence-corrected chi connectivity index (χ4v) is 2.14. The average molecular weight is 270 g/mol. The van der Waals surface area contributed by atoms with Gasteiger partial charge >= 0.3 is 0 Å². The van der Waals surface area contributed by atoms with Gasteiger partial charge in [-0.2, -0.15) is 5.26 Å². The summed E-state index contributed by atoms with van der Waals surface area (Å²) < 4.78 is 7.13. The molecule has 20 heavy (non-hydrogen) atoms. The second-order valence-corrected chi connectivity index (χ2v) is 4.69. The number of aromatic nitrogens is 1. The van der Waals surface area contributed by atoms with Crippen LogP contribution >= 0.6 is 0 Å². The molecule has 0 aliphatic heterocycles. The van der Waals surface area contributed by atoms with Crippen molar-refractivity contribution in [2.24, 2.45) is 0 Å². The lowest BCUT2D eigenvalue weighted by molar-refractivity contribution is 0.173. The largest absolute Gasteiger partial charge is 0.495 e. The normalized spacial score (nSPS) is 11.9. The van der Waals surface area contributed by atoms with Crippen LogP contribution in [0.25, 0.3) is 0 Å². The minimum Gasteiger partial charge on any atom is -0.495 e. The number of nitriles is 1. The number of ether oxygens (including phenoxy) is 1. The van der Waals surface area contributed by atoms with Crippen molar-refractivity contribution < 1.29 is 9.84 Å². The number of rotatable bonds is 5. The van der Waals surface area contributed by atoms with Crippen molar-refractivity contribution in [3.8, 4) is 11.8 Å². The molecule has 0 bridgehead atoms. The maximum atomic E-state index is 9.79. The Kier molecular flexibility index (Phi) is 4.44. The second kappa shape index (κ2) is 6.27. The summed E-state index contributed by atoms with van der Waals surface area (Å²) in [6, 6.07) is 9.62. The maximum absolute atomic E-state index is 9.79. The fraction of sp³-hybridized carbons (Fsp3) is 0.312. The standard InChI is InChI=1S/C16H18N2O2/c1-3-15(19)13-6-7-18(11-13)10-12-4-5-16(20-2)14(8-12)9-17/h4-8,11,15,19H,3,10H2,1-2H3. The van der Waals surface area contributed by atoms with Gasteiger partial charge in [-0.3, -0.25) is 0 Å². The van der Waals surface area contributed by atoms with Crippen molar-refractivity contribution >= 4 is 0 Å². The van der Waals surface area contributed by atoms with E-state index >= 15 is 0 Å². The second-order valence-electron chi connectivity index (χ2n) is 4.69. The summed E-state index contributed by atoms with van der Waals surface area (Å²) >= 11 is 0. The van der Waals surface area contributed by atoms with Crippen LogP contribution in [-0.2, 0) is 6.54 Å². The Morgan fingerprint density at radius 1 is 1.40 bits per heavy atom. The molecule has 2 rings (SSSR count). The summed E-state index contributed by atoms with van der Waals surface area (Å²) in [6.07, 6.45) is 4.15. The molecule has 1 atom stereocenters. The predicted octanol–water partition coefficient (Wildman–Crippen LogP) is 2.86. The lowest BCUT2D eigenvalue weighted by Crippen LogP contribution is -1.99. The van der Waals surface area contributed by atoms with Gasteiger partial charge in [0.2, 0.25) is 0 Å². The molecule has 0 spiro atoms. The van der Waals surface area contributed by atoms with Gasteiger partial charge in [0.15, 0.2) is 0 Å². The number of nitrogens with zero attached hydrogens (tertiary/aromatic N) is 2. The highest BCUT2D eigenvalue weighted by atomic mass is 16.5. The Morgan fingerprint density at radius 2 is 2.20 bits per heavy atom. The molecule has 0 radical (unpaired) electrons. The van der Waals surface area contributed by atoms with E-state index in [2.05, 4.69) is 6.07 Å². The molecule has 1 unspecified atom stereocenters. The van der Waals surface area contributed by atoms with Crippen molar-refractivity contribution in [2.75, 3.05) is 7.11 Å². The predicted molar refractivity (Wildman–Crippen MR) is 76.5 cm³/mol. The van der Waals surface area contributed by atoms with E-state index in [-0.39, 0.29) is 0 Å². The number of aliphatic hydroxyl groups excluding tert-OH is 1. The van der Waals surface area contributed by atoms with E-state index in [9.17, 15) is 5.11 Å². The smallest absolute Gasteiger partial charge is 0.136 e. The molecule has 0 saturated heterocycles. The molecule has 0 saturated carbocycles. The third-order valence-electron chi connectivity index (χ3n) is 3.29. The molecule has 1 aromatic heterocycles. The molecular formula is C16H18N2O2. The quantitative estimate of drug-likeness (QED) is 0.908. The zero-order valence-electron chi connectivity index (χ0n) is 11.7. The first-order chi connectivity index (χ1) is 9.67. The molecule has 104 valence electrons. The lowest BCUT2D eigenvalue weighted by atomic mass is 10.1. The van der Waals surface area contributed by atoms with E-state index in [1.54, 1.807) is 13.2 Å². The number of hydrogen-bond donors (Lipinski definition) is 1. The summed E-state index contributed by atoms with van der Waals surface area (Å²) in [5.74, 6) is 0.589. The van der Waals surface area contributed by atoms with Crippen molar-refractivity contribution in [1.29, 1.82) is 5.26 Å². The number of hydrogen-bond acceptors (Lipinski definition) is 3. The highest BCUT2D eigenvalue weighted by Crippen LogP contribution is 2.21. The third kappa shape index (κ3) is 3.01. The topological polar surface area (TPSA) is 58.2 Å². The van der Waals surface area contributed by atoms with E-state index in [1.807, 2.05) is 42.1 Å². The highest BCUT2D eigenvalue weighted by molar-refractivity contribution is 5.45. The van der Waals surface area contributed by atoms with Crippen LogP contribution in [0.5, 0.6) is 5.75 Å². The van der Waals surface area contributed by atoms with Crippen molar-refractivity contribution in [3.63, 3.8) is 0 Å². The first kappa shape index (κ1) is 14.2. The van der Waals surface area contributed by atoms with E-state index in [0.29, 0.717) is 24.3 Å². The van der Waals surface area contributed by atoms with Gasteiger partial charge in [0.05, 0.1) is 18.8 Å². The number of aliphatic hydroxyl groups is 1. The van der Waals surface area contributed by atoms with E-state index < -0.39 is 6.10 Å². The minimum atomic E-state index is -0.415. The van der Waals surface area contributed by atoms with Crippen molar-refractivity contribution in [2.45, 2.75) is 26.0 Å². The van der Waals surface area contributed by atoms with Crippen LogP contribution in [-0.4, -0.2) is 16.8 Å². The molecule has 2 aromatic rings. The van der Waals surface area contributed by atoms with Crippen LogP contribution in [0.2, 0.25) is 0 Å². The van der Waals surface area contributed by atoms with Crippen LogP contribution in [0.3, 0.4) is 0 Å². The molecule has 0 amide bonds. The molecular weight excluding hydrogens is 252 g/mol. The molecule has 4 heteroatoms. The fourth-order valence-electron chi connectivity index (χ4n) is 2.14. The summed E-state index contributed by atoms with van der Waals surface area (Å²) in [6.45, 7) is 2.61. The van der Waals surface area contributed by atoms with Crippen LogP contribution in [0.1, 0.15) is 36.1 Å². The van der Waals surface area contributed by atoms with Gasteiger partial charge in [-0.25, -0.2) is 0 Å². The average Bonchev–Trinajstić information content (AvgIpc) is 2.94. The number of methoxy groups -OCH3 is 1. The van der Waals surface area contributed by atoms with Gasteiger partial charge in [-0.1, -0.05) is 13.0 Å². The first-order valence-corrected chi connectivity index (χ1v) is 6.58. The molecule has 1 N–H and O–H groups in total. The monoisotopic (exact) mass is 270 g/mol. The van der Waals surface area contributed by atoms with Crippen LogP contribution in [0.4, 0.5) is 0 Å². The maximum Gasteiger partial charge on any atom is 0.136 e. The summed E-state index contributed by atoms with van der Waals surface area (Å²) in [5.41, 5.74) is 2.47. The highest BCUT2D eigenvalue weighted by Gasteiger charge is 2.08. The van der Waals surface area contributed by atoms with Gasteiger partial charge < -0.3 is 14.4 Å². The Bertz CT molecular complexity index is 626. The molecule has 4 nitrogen and oxygen atoms in total. The molecule has 0 aliphatic rings. The molecule has 0 fully saturated rings.